The molecule has 2 aromatic carbocycles. The van der Waals surface area contributed by atoms with Gasteiger partial charge in [0.2, 0.25) is 10.0 Å². The number of benzene rings is 2. The largest absolute Gasteiger partial charge is 0.273 e. The van der Waals surface area contributed by atoms with Crippen LogP contribution >= 0.6 is 11.8 Å². The molecule has 0 amide bonds. The van der Waals surface area contributed by atoms with Gasteiger partial charge in [0.05, 0.1) is 12.8 Å². The fraction of sp³-hybridized carbons (Fsp3) is 0.222. The smallest absolute Gasteiger partial charge is 0.209 e. The molecular weight excluding hydrogens is 387 g/mol. The second kappa shape index (κ2) is 8.64. The van der Waals surface area contributed by atoms with Crippen molar-refractivity contribution in [2.24, 2.45) is 0 Å². The third-order valence-electron chi connectivity index (χ3n) is 3.74. The summed E-state index contributed by atoms with van der Waals surface area (Å²) in [7, 11) is -3.37. The Hall–Kier alpha value is -2.23. The molecule has 0 atom stereocenters. The number of halogens is 1. The van der Waals surface area contributed by atoms with Crippen molar-refractivity contribution in [1.29, 1.82) is 0 Å². The van der Waals surface area contributed by atoms with Crippen molar-refractivity contribution < 1.29 is 12.8 Å². The van der Waals surface area contributed by atoms with Gasteiger partial charge in [-0.2, -0.15) is 0 Å². The number of thioether (sulfide) groups is 1. The molecule has 0 saturated carbocycles. The Bertz CT molecular complexity index is 990. The van der Waals surface area contributed by atoms with Crippen molar-refractivity contribution in [2.45, 2.75) is 18.1 Å². The van der Waals surface area contributed by atoms with Crippen LogP contribution in [0.15, 0.2) is 59.8 Å². The molecule has 1 N–H and O–H groups in total. The Morgan fingerprint density at radius 2 is 1.78 bits per heavy atom. The standard InChI is InChI=1S/C18H19FN4O2S2/c1-27(24,25)20-13-17-21-22-18(23(17)16-9-7-15(19)8-10-16)26-12-11-14-5-3-2-4-6-14/h2-10,20H,11-13H2,1H3. The average molecular weight is 407 g/mol. The molecule has 0 spiro atoms. The van der Waals surface area contributed by atoms with E-state index in [4.69, 9.17) is 0 Å². The first kappa shape index (κ1) is 19.5. The zero-order chi connectivity index (χ0) is 19.3. The minimum Gasteiger partial charge on any atom is -0.273 e. The first-order chi connectivity index (χ1) is 12.9. The molecule has 1 heterocycles. The van der Waals surface area contributed by atoms with E-state index in [0.29, 0.717) is 16.7 Å². The van der Waals surface area contributed by atoms with Crippen molar-refractivity contribution in [2.75, 3.05) is 12.0 Å². The molecule has 0 bridgehead atoms. The Morgan fingerprint density at radius 1 is 1.07 bits per heavy atom. The van der Waals surface area contributed by atoms with E-state index in [1.165, 1.54) is 29.5 Å². The lowest BCUT2D eigenvalue weighted by atomic mass is 10.2. The second-order valence-corrected chi connectivity index (χ2v) is 8.78. The Labute approximate surface area is 161 Å². The molecule has 1 aromatic heterocycles. The molecule has 0 radical (unpaired) electrons. The lowest BCUT2D eigenvalue weighted by Gasteiger charge is -2.10. The number of aryl methyl sites for hydroxylation is 1. The van der Waals surface area contributed by atoms with Crippen LogP contribution in [0.4, 0.5) is 4.39 Å². The van der Waals surface area contributed by atoms with Crippen molar-refractivity contribution in [3.63, 3.8) is 0 Å². The van der Waals surface area contributed by atoms with Crippen LogP contribution in [0.5, 0.6) is 0 Å². The highest BCUT2D eigenvalue weighted by atomic mass is 32.2. The van der Waals surface area contributed by atoms with E-state index in [2.05, 4.69) is 27.1 Å². The van der Waals surface area contributed by atoms with E-state index < -0.39 is 10.0 Å². The van der Waals surface area contributed by atoms with Crippen LogP contribution < -0.4 is 4.72 Å². The highest BCUT2D eigenvalue weighted by Gasteiger charge is 2.16. The van der Waals surface area contributed by atoms with Crippen molar-refractivity contribution in [1.82, 2.24) is 19.5 Å². The van der Waals surface area contributed by atoms with Crippen LogP contribution in [0, 0.1) is 5.82 Å². The fourth-order valence-corrected chi connectivity index (χ4v) is 3.81. The van der Waals surface area contributed by atoms with E-state index in [1.54, 1.807) is 16.7 Å². The molecule has 0 aliphatic rings. The zero-order valence-corrected chi connectivity index (χ0v) is 16.3. The molecule has 0 aliphatic carbocycles. The van der Waals surface area contributed by atoms with Gasteiger partial charge in [0, 0.05) is 11.4 Å². The summed E-state index contributed by atoms with van der Waals surface area (Å²) < 4.78 is 40.3. The van der Waals surface area contributed by atoms with Gasteiger partial charge < -0.3 is 0 Å². The van der Waals surface area contributed by atoms with Crippen molar-refractivity contribution >= 4 is 21.8 Å². The van der Waals surface area contributed by atoms with Gasteiger partial charge in [-0.1, -0.05) is 42.1 Å². The van der Waals surface area contributed by atoms with E-state index in [1.807, 2.05) is 18.2 Å². The molecule has 0 unspecified atom stereocenters. The van der Waals surface area contributed by atoms with Gasteiger partial charge in [-0.25, -0.2) is 17.5 Å². The number of sulfonamides is 1. The summed E-state index contributed by atoms with van der Waals surface area (Å²) in [6, 6.07) is 16.0. The third kappa shape index (κ3) is 5.62. The maximum atomic E-state index is 13.3. The van der Waals surface area contributed by atoms with Gasteiger partial charge >= 0.3 is 0 Å². The highest BCUT2D eigenvalue weighted by molar-refractivity contribution is 7.99. The van der Waals surface area contributed by atoms with Crippen LogP contribution in [-0.4, -0.2) is 35.2 Å². The number of nitrogens with zero attached hydrogens (tertiary/aromatic N) is 3. The predicted molar refractivity (Wildman–Crippen MR) is 104 cm³/mol. The van der Waals surface area contributed by atoms with E-state index in [0.717, 1.165) is 18.4 Å². The number of nitrogens with one attached hydrogen (secondary N) is 1. The van der Waals surface area contributed by atoms with Gasteiger partial charge in [0.1, 0.15) is 5.82 Å². The van der Waals surface area contributed by atoms with E-state index >= 15 is 0 Å². The monoisotopic (exact) mass is 406 g/mol. The van der Waals surface area contributed by atoms with Crippen LogP contribution in [0.25, 0.3) is 5.69 Å². The molecule has 142 valence electrons. The molecule has 9 heteroatoms. The number of rotatable bonds is 8. The predicted octanol–water partition coefficient (Wildman–Crippen LogP) is 2.79. The maximum Gasteiger partial charge on any atom is 0.209 e. The Morgan fingerprint density at radius 3 is 2.44 bits per heavy atom. The molecule has 0 saturated heterocycles. The first-order valence-electron chi connectivity index (χ1n) is 8.24. The van der Waals surface area contributed by atoms with E-state index in [-0.39, 0.29) is 12.4 Å². The quantitative estimate of drug-likeness (QED) is 0.582. The maximum absolute atomic E-state index is 13.3. The summed E-state index contributed by atoms with van der Waals surface area (Å²) in [6.07, 6.45) is 1.94. The minimum atomic E-state index is -3.37. The highest BCUT2D eigenvalue weighted by Crippen LogP contribution is 2.23. The molecule has 27 heavy (non-hydrogen) atoms. The third-order valence-corrected chi connectivity index (χ3v) is 5.34. The van der Waals surface area contributed by atoms with Crippen molar-refractivity contribution in [3.8, 4) is 5.69 Å². The van der Waals surface area contributed by atoms with Gasteiger partial charge in [0.15, 0.2) is 11.0 Å². The summed E-state index contributed by atoms with van der Waals surface area (Å²) in [5, 5.41) is 8.94. The second-order valence-electron chi connectivity index (χ2n) is 5.89. The summed E-state index contributed by atoms with van der Waals surface area (Å²) in [4.78, 5) is 0. The first-order valence-corrected chi connectivity index (χ1v) is 11.1. The average Bonchev–Trinajstić information content (AvgIpc) is 3.04. The molecule has 0 fully saturated rings. The van der Waals surface area contributed by atoms with E-state index in [9.17, 15) is 12.8 Å². The zero-order valence-electron chi connectivity index (χ0n) is 14.7. The molecule has 6 nitrogen and oxygen atoms in total. The Kier molecular flexibility index (Phi) is 6.25. The number of hydrogen-bond donors (Lipinski definition) is 1. The molecular formula is C18H19FN4O2S2. The molecule has 3 aromatic rings. The minimum absolute atomic E-state index is 0.00244. The van der Waals surface area contributed by atoms with Crippen LogP contribution in [0.3, 0.4) is 0 Å². The normalized spacial score (nSPS) is 11.6. The number of aromatic nitrogens is 3. The van der Waals surface area contributed by atoms with Gasteiger partial charge in [-0.3, -0.25) is 4.57 Å². The lowest BCUT2D eigenvalue weighted by Crippen LogP contribution is -2.23. The SMILES string of the molecule is CS(=O)(=O)NCc1nnc(SCCc2ccccc2)n1-c1ccc(F)cc1. The van der Waals surface area contributed by atoms with Crippen LogP contribution in [0.2, 0.25) is 0 Å². The Balaban J connectivity index is 1.81. The van der Waals surface area contributed by atoms with Gasteiger partial charge in [-0.05, 0) is 36.2 Å². The number of hydrogen-bond acceptors (Lipinski definition) is 5. The molecule has 0 aliphatic heterocycles. The van der Waals surface area contributed by atoms with Crippen LogP contribution in [-0.2, 0) is 23.0 Å². The van der Waals surface area contributed by atoms with Gasteiger partial charge in [0.25, 0.3) is 0 Å². The van der Waals surface area contributed by atoms with Crippen molar-refractivity contribution in [3.05, 3.63) is 71.8 Å². The summed E-state index contributed by atoms with van der Waals surface area (Å²) in [5.74, 6) is 0.873. The summed E-state index contributed by atoms with van der Waals surface area (Å²) in [6.45, 7) is 0.00244. The van der Waals surface area contributed by atoms with Crippen LogP contribution in [0.1, 0.15) is 11.4 Å². The fourth-order valence-electron chi connectivity index (χ4n) is 2.46. The summed E-state index contributed by atoms with van der Waals surface area (Å²) >= 11 is 1.51. The summed E-state index contributed by atoms with van der Waals surface area (Å²) in [5.41, 5.74) is 1.89. The lowest BCUT2D eigenvalue weighted by molar-refractivity contribution is 0.584. The topological polar surface area (TPSA) is 76.9 Å². The molecule has 3 rings (SSSR count). The van der Waals surface area contributed by atoms with Gasteiger partial charge in [-0.15, -0.1) is 10.2 Å².